The minimum atomic E-state index is 0.207. The van der Waals surface area contributed by atoms with Crippen LogP contribution in [0.4, 0.5) is 0 Å². The maximum atomic E-state index is 11.7. The molecule has 0 saturated heterocycles. The first kappa shape index (κ1) is 13.6. The molecule has 0 aliphatic heterocycles. The number of Topliss-reactive ketones (excluding diaryl/α,β-unsaturated/α-hetero) is 1. The standard InChI is InChI=1S/C13H12OS.CH4O/c1-2-12(14)10-6-3-4-7-11(10)13-8-5-9-15-13;1-2/h3-9H,2H2,1H3;2H,1H3. The molecule has 17 heavy (non-hydrogen) atoms. The Kier molecular flexibility index (Phi) is 5.60. The topological polar surface area (TPSA) is 37.3 Å². The highest BCUT2D eigenvalue weighted by Crippen LogP contribution is 2.28. The van der Waals surface area contributed by atoms with Crippen molar-refractivity contribution in [3.63, 3.8) is 0 Å². The van der Waals surface area contributed by atoms with Crippen LogP contribution >= 0.6 is 11.3 Å². The van der Waals surface area contributed by atoms with Gasteiger partial charge in [0.05, 0.1) is 0 Å². The van der Waals surface area contributed by atoms with Crippen molar-refractivity contribution in [1.82, 2.24) is 0 Å². The molecule has 1 aromatic carbocycles. The number of carbonyl (C=O) groups is 1. The van der Waals surface area contributed by atoms with E-state index in [0.29, 0.717) is 6.42 Å². The summed E-state index contributed by atoms with van der Waals surface area (Å²) in [5.74, 6) is 0.207. The highest BCUT2D eigenvalue weighted by molar-refractivity contribution is 7.13. The maximum Gasteiger partial charge on any atom is 0.163 e. The minimum Gasteiger partial charge on any atom is -0.400 e. The SMILES string of the molecule is CCC(=O)c1ccccc1-c1cccs1.CO. The second-order valence-electron chi connectivity index (χ2n) is 3.30. The summed E-state index contributed by atoms with van der Waals surface area (Å²) in [6.07, 6.45) is 0.558. The monoisotopic (exact) mass is 248 g/mol. The largest absolute Gasteiger partial charge is 0.400 e. The van der Waals surface area contributed by atoms with Gasteiger partial charge in [-0.25, -0.2) is 0 Å². The fourth-order valence-electron chi connectivity index (χ4n) is 1.56. The van der Waals surface area contributed by atoms with Crippen LogP contribution in [0, 0.1) is 0 Å². The van der Waals surface area contributed by atoms with E-state index in [9.17, 15) is 4.79 Å². The second-order valence-corrected chi connectivity index (χ2v) is 4.25. The Morgan fingerprint density at radius 1 is 1.18 bits per heavy atom. The molecule has 3 heteroatoms. The van der Waals surface area contributed by atoms with E-state index >= 15 is 0 Å². The van der Waals surface area contributed by atoms with E-state index in [4.69, 9.17) is 5.11 Å². The predicted molar refractivity (Wildman–Crippen MR) is 72.5 cm³/mol. The summed E-state index contributed by atoms with van der Waals surface area (Å²) in [6.45, 7) is 1.90. The summed E-state index contributed by atoms with van der Waals surface area (Å²) in [7, 11) is 1.00. The number of aliphatic hydroxyl groups excluding tert-OH is 1. The van der Waals surface area contributed by atoms with Gasteiger partial charge in [0.2, 0.25) is 0 Å². The molecule has 1 heterocycles. The van der Waals surface area contributed by atoms with Gasteiger partial charge in [-0.15, -0.1) is 11.3 Å². The Hall–Kier alpha value is -1.45. The van der Waals surface area contributed by atoms with Gasteiger partial charge in [0.15, 0.2) is 5.78 Å². The van der Waals surface area contributed by atoms with Gasteiger partial charge in [0.1, 0.15) is 0 Å². The molecular weight excluding hydrogens is 232 g/mol. The number of carbonyl (C=O) groups excluding carboxylic acids is 1. The molecule has 90 valence electrons. The number of hydrogen-bond acceptors (Lipinski definition) is 3. The van der Waals surface area contributed by atoms with Crippen LogP contribution in [-0.4, -0.2) is 18.0 Å². The molecule has 0 spiro atoms. The number of ketones is 1. The number of thiophene rings is 1. The van der Waals surface area contributed by atoms with E-state index in [0.717, 1.165) is 23.1 Å². The van der Waals surface area contributed by atoms with E-state index in [2.05, 4.69) is 0 Å². The van der Waals surface area contributed by atoms with Gasteiger partial charge < -0.3 is 5.11 Å². The van der Waals surface area contributed by atoms with Crippen molar-refractivity contribution in [3.8, 4) is 10.4 Å². The van der Waals surface area contributed by atoms with Crippen LogP contribution < -0.4 is 0 Å². The van der Waals surface area contributed by atoms with Crippen LogP contribution in [-0.2, 0) is 0 Å². The summed E-state index contributed by atoms with van der Waals surface area (Å²) >= 11 is 1.67. The van der Waals surface area contributed by atoms with Crippen molar-refractivity contribution in [3.05, 3.63) is 47.3 Å². The first-order valence-corrected chi connectivity index (χ1v) is 6.31. The Labute approximate surface area is 106 Å². The van der Waals surface area contributed by atoms with Crippen molar-refractivity contribution in [2.24, 2.45) is 0 Å². The predicted octanol–water partition coefficient (Wildman–Crippen LogP) is 3.62. The summed E-state index contributed by atoms with van der Waals surface area (Å²) in [5.41, 5.74) is 1.89. The fraction of sp³-hybridized carbons (Fsp3) is 0.214. The number of aliphatic hydroxyl groups is 1. The number of benzene rings is 1. The zero-order chi connectivity index (χ0) is 12.7. The van der Waals surface area contributed by atoms with Crippen molar-refractivity contribution >= 4 is 17.1 Å². The van der Waals surface area contributed by atoms with E-state index in [1.54, 1.807) is 11.3 Å². The molecule has 0 aliphatic carbocycles. The number of rotatable bonds is 3. The molecule has 0 unspecified atom stereocenters. The average molecular weight is 248 g/mol. The lowest BCUT2D eigenvalue weighted by atomic mass is 10.0. The maximum absolute atomic E-state index is 11.7. The lowest BCUT2D eigenvalue weighted by Crippen LogP contribution is -1.98. The molecule has 1 N–H and O–H groups in total. The third-order valence-electron chi connectivity index (χ3n) is 2.34. The Morgan fingerprint density at radius 2 is 1.88 bits per heavy atom. The molecule has 1 aromatic heterocycles. The van der Waals surface area contributed by atoms with Crippen molar-refractivity contribution in [2.45, 2.75) is 13.3 Å². The first-order valence-electron chi connectivity index (χ1n) is 5.43. The van der Waals surface area contributed by atoms with Crippen molar-refractivity contribution in [2.75, 3.05) is 7.11 Å². The zero-order valence-corrected chi connectivity index (χ0v) is 10.8. The lowest BCUT2D eigenvalue weighted by molar-refractivity contribution is 0.0989. The smallest absolute Gasteiger partial charge is 0.163 e. The summed E-state index contributed by atoms with van der Waals surface area (Å²) in [4.78, 5) is 12.9. The van der Waals surface area contributed by atoms with Crippen LogP contribution in [0.1, 0.15) is 23.7 Å². The Bertz CT molecular complexity index is 461. The van der Waals surface area contributed by atoms with Crippen LogP contribution in [0.15, 0.2) is 41.8 Å². The quantitative estimate of drug-likeness (QED) is 0.842. The third kappa shape index (κ3) is 3.25. The van der Waals surface area contributed by atoms with Gasteiger partial charge in [-0.2, -0.15) is 0 Å². The van der Waals surface area contributed by atoms with E-state index < -0.39 is 0 Å². The Morgan fingerprint density at radius 3 is 2.47 bits per heavy atom. The molecule has 0 aliphatic rings. The zero-order valence-electron chi connectivity index (χ0n) is 10.0. The molecule has 2 nitrogen and oxygen atoms in total. The first-order chi connectivity index (χ1) is 8.33. The molecular formula is C14H16O2S. The van der Waals surface area contributed by atoms with E-state index in [1.807, 2.05) is 48.7 Å². The average Bonchev–Trinajstić information content (AvgIpc) is 2.94. The highest BCUT2D eigenvalue weighted by Gasteiger charge is 2.10. The summed E-state index contributed by atoms with van der Waals surface area (Å²) in [6, 6.07) is 11.9. The molecule has 2 aromatic rings. The van der Waals surface area contributed by atoms with Crippen LogP contribution in [0.3, 0.4) is 0 Å². The molecule has 0 bridgehead atoms. The molecule has 0 fully saturated rings. The van der Waals surface area contributed by atoms with Gasteiger partial charge in [0.25, 0.3) is 0 Å². The normalized spacial score (nSPS) is 9.35. The van der Waals surface area contributed by atoms with Gasteiger partial charge in [-0.3, -0.25) is 4.79 Å². The second kappa shape index (κ2) is 6.99. The van der Waals surface area contributed by atoms with E-state index in [1.165, 1.54) is 0 Å². The molecule has 0 radical (unpaired) electrons. The van der Waals surface area contributed by atoms with Crippen LogP contribution in [0.5, 0.6) is 0 Å². The molecule has 0 atom stereocenters. The fourth-order valence-corrected chi connectivity index (χ4v) is 2.33. The lowest BCUT2D eigenvalue weighted by Gasteiger charge is -2.04. The van der Waals surface area contributed by atoms with Gasteiger partial charge in [0, 0.05) is 29.5 Å². The van der Waals surface area contributed by atoms with Gasteiger partial charge in [-0.1, -0.05) is 37.3 Å². The van der Waals surface area contributed by atoms with Crippen LogP contribution in [0.25, 0.3) is 10.4 Å². The van der Waals surface area contributed by atoms with Crippen molar-refractivity contribution < 1.29 is 9.90 Å². The highest BCUT2D eigenvalue weighted by atomic mass is 32.1. The summed E-state index contributed by atoms with van der Waals surface area (Å²) < 4.78 is 0. The number of hydrogen-bond donors (Lipinski definition) is 1. The third-order valence-corrected chi connectivity index (χ3v) is 3.24. The Balaban J connectivity index is 0.000000686. The van der Waals surface area contributed by atoms with Crippen LogP contribution in [0.2, 0.25) is 0 Å². The minimum absolute atomic E-state index is 0.207. The van der Waals surface area contributed by atoms with E-state index in [-0.39, 0.29) is 5.78 Å². The molecule has 0 amide bonds. The molecule has 2 rings (SSSR count). The van der Waals surface area contributed by atoms with Gasteiger partial charge >= 0.3 is 0 Å². The summed E-state index contributed by atoms with van der Waals surface area (Å²) in [5, 5.41) is 9.03. The molecule has 0 saturated carbocycles. The van der Waals surface area contributed by atoms with Gasteiger partial charge in [-0.05, 0) is 11.4 Å². The van der Waals surface area contributed by atoms with Crippen molar-refractivity contribution in [1.29, 1.82) is 0 Å².